The smallest absolute Gasteiger partial charge is 0.125 e. The zero-order valence-electron chi connectivity index (χ0n) is 9.69. The lowest BCUT2D eigenvalue weighted by Gasteiger charge is -2.23. The molecule has 0 saturated heterocycles. The van der Waals surface area contributed by atoms with Crippen LogP contribution in [0.2, 0.25) is 0 Å². The summed E-state index contributed by atoms with van der Waals surface area (Å²) < 4.78 is 6.63. The Morgan fingerprint density at radius 1 is 1.43 bits per heavy atom. The molecule has 0 aliphatic carbocycles. The fourth-order valence-corrected chi connectivity index (χ4v) is 1.75. The van der Waals surface area contributed by atoms with Gasteiger partial charge >= 0.3 is 0 Å². The standard InChI is InChI=1S/C12H21IO/c1-11(2)10-12(3,14-4)8-6-5-7-9-13/h11H,5,7,9-10H2,1-4H3. The molecule has 0 aromatic rings. The molecule has 0 aliphatic heterocycles. The molecule has 0 heterocycles. The van der Waals surface area contributed by atoms with Crippen molar-refractivity contribution in [2.75, 3.05) is 11.5 Å². The SMILES string of the molecule is COC(C)(C#CCCCI)CC(C)C. The van der Waals surface area contributed by atoms with E-state index < -0.39 is 0 Å². The van der Waals surface area contributed by atoms with Crippen molar-refractivity contribution in [2.24, 2.45) is 5.92 Å². The number of halogens is 1. The highest BCUT2D eigenvalue weighted by molar-refractivity contribution is 14.1. The van der Waals surface area contributed by atoms with Gasteiger partial charge in [-0.2, -0.15) is 0 Å². The molecule has 0 saturated carbocycles. The average molecular weight is 308 g/mol. The molecule has 0 spiro atoms. The van der Waals surface area contributed by atoms with Gasteiger partial charge in [-0.05, 0) is 25.7 Å². The minimum atomic E-state index is -0.251. The van der Waals surface area contributed by atoms with Gasteiger partial charge in [-0.15, -0.1) is 5.92 Å². The van der Waals surface area contributed by atoms with Crippen molar-refractivity contribution in [1.82, 2.24) is 0 Å². The summed E-state index contributed by atoms with van der Waals surface area (Å²) in [4.78, 5) is 0. The Kier molecular flexibility index (Phi) is 7.66. The van der Waals surface area contributed by atoms with Crippen LogP contribution in [-0.4, -0.2) is 17.1 Å². The van der Waals surface area contributed by atoms with Crippen molar-refractivity contribution in [2.45, 2.75) is 45.6 Å². The summed E-state index contributed by atoms with van der Waals surface area (Å²) >= 11 is 2.38. The van der Waals surface area contributed by atoms with Crippen LogP contribution in [0.3, 0.4) is 0 Å². The van der Waals surface area contributed by atoms with E-state index in [1.807, 2.05) is 0 Å². The second kappa shape index (κ2) is 7.53. The molecular weight excluding hydrogens is 287 g/mol. The molecule has 0 radical (unpaired) electrons. The third-order valence-corrected chi connectivity index (χ3v) is 2.80. The van der Waals surface area contributed by atoms with Crippen molar-refractivity contribution in [3.63, 3.8) is 0 Å². The highest BCUT2D eigenvalue weighted by Gasteiger charge is 2.21. The lowest BCUT2D eigenvalue weighted by atomic mass is 9.94. The summed E-state index contributed by atoms with van der Waals surface area (Å²) in [6.07, 6.45) is 3.16. The van der Waals surface area contributed by atoms with Crippen LogP contribution in [-0.2, 0) is 4.74 Å². The van der Waals surface area contributed by atoms with Crippen LogP contribution in [0.15, 0.2) is 0 Å². The maximum Gasteiger partial charge on any atom is 0.125 e. The maximum absolute atomic E-state index is 5.45. The summed E-state index contributed by atoms with van der Waals surface area (Å²) in [5, 5.41) is 0. The maximum atomic E-state index is 5.45. The number of rotatable bonds is 5. The molecule has 0 aromatic heterocycles. The van der Waals surface area contributed by atoms with Gasteiger partial charge in [0.2, 0.25) is 0 Å². The Morgan fingerprint density at radius 3 is 2.50 bits per heavy atom. The Balaban J connectivity index is 4.13. The van der Waals surface area contributed by atoms with E-state index >= 15 is 0 Å². The summed E-state index contributed by atoms with van der Waals surface area (Å²) in [6, 6.07) is 0. The van der Waals surface area contributed by atoms with E-state index in [0.29, 0.717) is 5.92 Å². The van der Waals surface area contributed by atoms with E-state index in [-0.39, 0.29) is 5.60 Å². The van der Waals surface area contributed by atoms with Crippen molar-refractivity contribution >= 4 is 22.6 Å². The fraction of sp³-hybridized carbons (Fsp3) is 0.833. The zero-order chi connectivity index (χ0) is 11.0. The highest BCUT2D eigenvalue weighted by atomic mass is 127. The summed E-state index contributed by atoms with van der Waals surface area (Å²) in [5.74, 6) is 7.06. The lowest BCUT2D eigenvalue weighted by molar-refractivity contribution is 0.0395. The lowest BCUT2D eigenvalue weighted by Crippen LogP contribution is -2.27. The van der Waals surface area contributed by atoms with Crippen LogP contribution >= 0.6 is 22.6 Å². The Hall–Kier alpha value is 0.250. The number of hydrogen-bond donors (Lipinski definition) is 0. The van der Waals surface area contributed by atoms with Gasteiger partial charge in [0.15, 0.2) is 0 Å². The van der Waals surface area contributed by atoms with Crippen molar-refractivity contribution in [1.29, 1.82) is 0 Å². The van der Waals surface area contributed by atoms with Gasteiger partial charge in [0.25, 0.3) is 0 Å². The first-order chi connectivity index (χ1) is 6.54. The third-order valence-electron chi connectivity index (χ3n) is 2.04. The minimum Gasteiger partial charge on any atom is -0.366 e. The second-order valence-electron chi connectivity index (χ2n) is 4.13. The molecule has 0 rings (SSSR count). The Morgan fingerprint density at radius 2 is 2.07 bits per heavy atom. The van der Waals surface area contributed by atoms with Gasteiger partial charge in [-0.3, -0.25) is 0 Å². The van der Waals surface area contributed by atoms with E-state index in [2.05, 4.69) is 55.2 Å². The molecule has 1 unspecified atom stereocenters. The van der Waals surface area contributed by atoms with E-state index in [1.54, 1.807) is 7.11 Å². The van der Waals surface area contributed by atoms with Gasteiger partial charge in [-0.25, -0.2) is 0 Å². The molecule has 0 aliphatic rings. The monoisotopic (exact) mass is 308 g/mol. The van der Waals surface area contributed by atoms with Gasteiger partial charge in [-0.1, -0.05) is 42.4 Å². The van der Waals surface area contributed by atoms with Gasteiger partial charge < -0.3 is 4.74 Å². The van der Waals surface area contributed by atoms with Gasteiger partial charge in [0.1, 0.15) is 5.60 Å². The van der Waals surface area contributed by atoms with Crippen LogP contribution in [0, 0.1) is 17.8 Å². The molecule has 14 heavy (non-hydrogen) atoms. The molecule has 0 amide bonds. The van der Waals surface area contributed by atoms with Crippen molar-refractivity contribution in [3.8, 4) is 11.8 Å². The van der Waals surface area contributed by atoms with Crippen LogP contribution in [0.4, 0.5) is 0 Å². The minimum absolute atomic E-state index is 0.251. The first-order valence-corrected chi connectivity index (χ1v) is 6.68. The molecule has 0 fully saturated rings. The summed E-state index contributed by atoms with van der Waals surface area (Å²) in [5.41, 5.74) is -0.251. The average Bonchev–Trinajstić information content (AvgIpc) is 2.11. The molecule has 1 atom stereocenters. The third kappa shape index (κ3) is 6.67. The number of ether oxygens (including phenoxy) is 1. The van der Waals surface area contributed by atoms with E-state index in [9.17, 15) is 0 Å². The summed E-state index contributed by atoms with van der Waals surface area (Å²) in [7, 11) is 1.75. The Bertz CT molecular complexity index is 202. The first-order valence-electron chi connectivity index (χ1n) is 5.15. The van der Waals surface area contributed by atoms with Crippen molar-refractivity contribution in [3.05, 3.63) is 0 Å². The van der Waals surface area contributed by atoms with Gasteiger partial charge in [0.05, 0.1) is 0 Å². The highest BCUT2D eigenvalue weighted by Crippen LogP contribution is 2.19. The molecular formula is C12H21IO. The molecule has 82 valence electrons. The normalized spacial score (nSPS) is 14.7. The molecule has 0 aromatic carbocycles. The topological polar surface area (TPSA) is 9.23 Å². The molecule has 0 bridgehead atoms. The molecule has 2 heteroatoms. The van der Waals surface area contributed by atoms with E-state index in [0.717, 1.165) is 12.8 Å². The van der Waals surface area contributed by atoms with E-state index in [4.69, 9.17) is 4.74 Å². The summed E-state index contributed by atoms with van der Waals surface area (Å²) in [6.45, 7) is 6.47. The van der Waals surface area contributed by atoms with Crippen LogP contribution in [0.1, 0.15) is 40.0 Å². The molecule has 0 N–H and O–H groups in total. The Labute approximate surface area is 102 Å². The predicted octanol–water partition coefficient (Wildman–Crippen LogP) is 3.66. The predicted molar refractivity (Wildman–Crippen MR) is 70.8 cm³/mol. The van der Waals surface area contributed by atoms with Crippen LogP contribution in [0.25, 0.3) is 0 Å². The number of hydrogen-bond acceptors (Lipinski definition) is 1. The van der Waals surface area contributed by atoms with Crippen LogP contribution < -0.4 is 0 Å². The quantitative estimate of drug-likeness (QED) is 0.326. The first kappa shape index (κ1) is 14.2. The largest absolute Gasteiger partial charge is 0.366 e. The van der Waals surface area contributed by atoms with Gasteiger partial charge in [0, 0.05) is 18.0 Å². The number of unbranched alkanes of at least 4 members (excludes halogenated alkanes) is 1. The number of alkyl halides is 1. The van der Waals surface area contributed by atoms with Crippen LogP contribution in [0.5, 0.6) is 0 Å². The second-order valence-corrected chi connectivity index (χ2v) is 5.21. The zero-order valence-corrected chi connectivity index (χ0v) is 11.8. The number of methoxy groups -OCH3 is 1. The van der Waals surface area contributed by atoms with Crippen molar-refractivity contribution < 1.29 is 4.74 Å². The van der Waals surface area contributed by atoms with E-state index in [1.165, 1.54) is 10.8 Å². The fourth-order valence-electron chi connectivity index (χ4n) is 1.37. The molecule has 1 nitrogen and oxygen atoms in total.